The van der Waals surface area contributed by atoms with E-state index in [2.05, 4.69) is 17.0 Å². The highest BCUT2D eigenvalue weighted by atomic mass is 15.1. The molecule has 1 heterocycles. The van der Waals surface area contributed by atoms with Crippen molar-refractivity contribution in [3.63, 3.8) is 0 Å². The second-order valence-electron chi connectivity index (χ2n) is 6.85. The van der Waals surface area contributed by atoms with Gasteiger partial charge < -0.3 is 10.6 Å². The Labute approximate surface area is 123 Å². The quantitative estimate of drug-likeness (QED) is 0.847. The third-order valence-electron chi connectivity index (χ3n) is 5.58. The number of benzene rings is 1. The number of para-hydroxylation sites is 1. The fourth-order valence-electron chi connectivity index (χ4n) is 4.09. The molecule has 2 nitrogen and oxygen atoms in total. The lowest BCUT2D eigenvalue weighted by atomic mass is 9.68. The van der Waals surface area contributed by atoms with Crippen LogP contribution in [0, 0.1) is 5.41 Å². The molecule has 2 heteroatoms. The molecule has 1 aromatic rings. The number of nitrogens with zero attached hydrogens (tertiary/aromatic N) is 1. The lowest BCUT2D eigenvalue weighted by molar-refractivity contribution is 0.0685. The molecule has 1 aliphatic carbocycles. The Morgan fingerprint density at radius 1 is 0.950 bits per heavy atom. The van der Waals surface area contributed by atoms with Crippen molar-refractivity contribution >= 4 is 5.69 Å². The van der Waals surface area contributed by atoms with Gasteiger partial charge in [0.15, 0.2) is 0 Å². The Hall–Kier alpha value is -1.02. The van der Waals surface area contributed by atoms with Gasteiger partial charge >= 0.3 is 0 Å². The van der Waals surface area contributed by atoms with Crippen molar-refractivity contribution in [1.29, 1.82) is 0 Å². The van der Waals surface area contributed by atoms with Crippen LogP contribution in [0.5, 0.6) is 0 Å². The highest BCUT2D eigenvalue weighted by Crippen LogP contribution is 2.44. The number of anilines is 1. The second kappa shape index (κ2) is 6.17. The van der Waals surface area contributed by atoms with Gasteiger partial charge in [0.05, 0.1) is 0 Å². The van der Waals surface area contributed by atoms with Crippen molar-refractivity contribution < 1.29 is 0 Å². The molecule has 2 fully saturated rings. The van der Waals surface area contributed by atoms with Crippen LogP contribution in [0.4, 0.5) is 5.69 Å². The molecule has 0 aromatic heterocycles. The van der Waals surface area contributed by atoms with E-state index < -0.39 is 0 Å². The molecule has 110 valence electrons. The van der Waals surface area contributed by atoms with Crippen LogP contribution in [-0.4, -0.2) is 24.5 Å². The molecule has 1 aliphatic heterocycles. The molecule has 0 radical (unpaired) electrons. The summed E-state index contributed by atoms with van der Waals surface area (Å²) in [5.74, 6) is 0. The topological polar surface area (TPSA) is 29.3 Å². The largest absolute Gasteiger partial charge is 0.399 e. The molecular weight excluding hydrogens is 244 g/mol. The average molecular weight is 272 g/mol. The van der Waals surface area contributed by atoms with Crippen LogP contribution >= 0.6 is 0 Å². The second-order valence-corrected chi connectivity index (χ2v) is 6.85. The van der Waals surface area contributed by atoms with Crippen LogP contribution in [-0.2, 0) is 6.42 Å². The van der Waals surface area contributed by atoms with E-state index in [1.807, 2.05) is 12.1 Å². The zero-order valence-corrected chi connectivity index (χ0v) is 12.6. The molecule has 0 bridgehead atoms. The fraction of sp³-hybridized carbons (Fsp3) is 0.667. The van der Waals surface area contributed by atoms with E-state index in [9.17, 15) is 0 Å². The van der Waals surface area contributed by atoms with Crippen molar-refractivity contribution in [3.8, 4) is 0 Å². The molecule has 20 heavy (non-hydrogen) atoms. The zero-order chi connectivity index (χ0) is 13.8. The third kappa shape index (κ3) is 3.17. The van der Waals surface area contributed by atoms with E-state index in [0.717, 1.165) is 17.5 Å². The smallest absolute Gasteiger partial charge is 0.0347 e. The summed E-state index contributed by atoms with van der Waals surface area (Å²) in [5, 5.41) is 0. The van der Waals surface area contributed by atoms with Gasteiger partial charge in [-0.2, -0.15) is 0 Å². The molecule has 2 N–H and O–H groups in total. The minimum absolute atomic E-state index is 0.723. The lowest BCUT2D eigenvalue weighted by Crippen LogP contribution is -2.41. The molecule has 0 amide bonds. The van der Waals surface area contributed by atoms with Gasteiger partial charge in [-0.1, -0.05) is 37.5 Å². The third-order valence-corrected chi connectivity index (χ3v) is 5.58. The molecule has 1 aromatic carbocycles. The van der Waals surface area contributed by atoms with Crippen molar-refractivity contribution in [2.45, 2.75) is 51.4 Å². The van der Waals surface area contributed by atoms with Gasteiger partial charge in [-0.05, 0) is 62.2 Å². The minimum atomic E-state index is 0.723. The summed E-state index contributed by atoms with van der Waals surface area (Å²) in [6.07, 6.45) is 11.4. The summed E-state index contributed by atoms with van der Waals surface area (Å²) >= 11 is 0. The fourth-order valence-corrected chi connectivity index (χ4v) is 4.09. The van der Waals surface area contributed by atoms with Gasteiger partial charge in [-0.25, -0.2) is 0 Å². The van der Waals surface area contributed by atoms with Crippen molar-refractivity contribution in [2.24, 2.45) is 5.41 Å². The highest BCUT2D eigenvalue weighted by Gasteiger charge is 2.35. The molecule has 1 saturated heterocycles. The van der Waals surface area contributed by atoms with Gasteiger partial charge in [0, 0.05) is 12.2 Å². The SMILES string of the molecule is Nc1ccccc1CCN1CCC2(CCCCC2)CC1. The predicted molar refractivity (Wildman–Crippen MR) is 85.8 cm³/mol. The normalized spacial score (nSPS) is 23.0. The maximum absolute atomic E-state index is 6.03. The van der Waals surface area contributed by atoms with Crippen molar-refractivity contribution in [2.75, 3.05) is 25.4 Å². The van der Waals surface area contributed by atoms with Gasteiger partial charge in [0.25, 0.3) is 0 Å². The summed E-state index contributed by atoms with van der Waals surface area (Å²) < 4.78 is 0. The van der Waals surface area contributed by atoms with E-state index in [-0.39, 0.29) is 0 Å². The molecular formula is C18H28N2. The molecule has 1 spiro atoms. The number of hydrogen-bond donors (Lipinski definition) is 1. The van der Waals surface area contributed by atoms with Crippen LogP contribution in [0.25, 0.3) is 0 Å². The molecule has 0 atom stereocenters. The summed E-state index contributed by atoms with van der Waals surface area (Å²) in [6.45, 7) is 3.77. The Morgan fingerprint density at radius 2 is 1.65 bits per heavy atom. The Balaban J connectivity index is 1.48. The molecule has 0 unspecified atom stereocenters. The number of hydrogen-bond acceptors (Lipinski definition) is 2. The van der Waals surface area contributed by atoms with Crippen LogP contribution in [0.3, 0.4) is 0 Å². The molecule has 2 aliphatic rings. The van der Waals surface area contributed by atoms with Crippen LogP contribution < -0.4 is 5.73 Å². The van der Waals surface area contributed by atoms with Gasteiger partial charge in [0.1, 0.15) is 0 Å². The van der Waals surface area contributed by atoms with E-state index in [1.165, 1.54) is 70.1 Å². The maximum Gasteiger partial charge on any atom is 0.0347 e. The Bertz CT molecular complexity index is 425. The van der Waals surface area contributed by atoms with Crippen molar-refractivity contribution in [3.05, 3.63) is 29.8 Å². The molecule has 3 rings (SSSR count). The minimum Gasteiger partial charge on any atom is -0.399 e. The highest BCUT2D eigenvalue weighted by molar-refractivity contribution is 5.46. The number of rotatable bonds is 3. The van der Waals surface area contributed by atoms with Gasteiger partial charge in [0.2, 0.25) is 0 Å². The van der Waals surface area contributed by atoms with Crippen molar-refractivity contribution in [1.82, 2.24) is 4.90 Å². The van der Waals surface area contributed by atoms with E-state index in [0.29, 0.717) is 0 Å². The first kappa shape index (κ1) is 13.9. The van der Waals surface area contributed by atoms with E-state index >= 15 is 0 Å². The monoisotopic (exact) mass is 272 g/mol. The van der Waals surface area contributed by atoms with Crippen LogP contribution in [0.2, 0.25) is 0 Å². The first-order valence-corrected chi connectivity index (χ1v) is 8.33. The molecule has 1 saturated carbocycles. The average Bonchev–Trinajstić information content (AvgIpc) is 2.49. The first-order valence-electron chi connectivity index (χ1n) is 8.33. The standard InChI is InChI=1S/C18H28N2/c19-17-7-3-2-6-16(17)8-13-20-14-11-18(12-15-20)9-4-1-5-10-18/h2-3,6-7H,1,4-5,8-15,19H2. The van der Waals surface area contributed by atoms with Gasteiger partial charge in [-0.15, -0.1) is 0 Å². The van der Waals surface area contributed by atoms with E-state index in [1.54, 1.807) is 0 Å². The first-order chi connectivity index (χ1) is 9.77. The van der Waals surface area contributed by atoms with Gasteiger partial charge in [-0.3, -0.25) is 0 Å². The number of nitrogens with two attached hydrogens (primary N) is 1. The Kier molecular flexibility index (Phi) is 4.30. The summed E-state index contributed by atoms with van der Waals surface area (Å²) in [4.78, 5) is 2.65. The number of nitrogen functional groups attached to an aromatic ring is 1. The maximum atomic E-state index is 6.03. The number of piperidine rings is 1. The number of likely N-dealkylation sites (tertiary alicyclic amines) is 1. The summed E-state index contributed by atoms with van der Waals surface area (Å²) in [6, 6.07) is 8.30. The Morgan fingerprint density at radius 3 is 2.35 bits per heavy atom. The zero-order valence-electron chi connectivity index (χ0n) is 12.6. The van der Waals surface area contributed by atoms with Crippen LogP contribution in [0.1, 0.15) is 50.5 Å². The predicted octanol–water partition coefficient (Wildman–Crippen LogP) is 3.86. The van der Waals surface area contributed by atoms with E-state index in [4.69, 9.17) is 5.73 Å². The lowest BCUT2D eigenvalue weighted by Gasteiger charge is -2.44. The summed E-state index contributed by atoms with van der Waals surface area (Å²) in [5.41, 5.74) is 9.01. The summed E-state index contributed by atoms with van der Waals surface area (Å²) in [7, 11) is 0. The van der Waals surface area contributed by atoms with Crippen LogP contribution in [0.15, 0.2) is 24.3 Å².